The van der Waals surface area contributed by atoms with E-state index in [1.165, 1.54) is 0 Å². The molecule has 0 radical (unpaired) electrons. The summed E-state index contributed by atoms with van der Waals surface area (Å²) in [5, 5.41) is 4.29. The first-order chi connectivity index (χ1) is 10.6. The van der Waals surface area contributed by atoms with Gasteiger partial charge in [0, 0.05) is 0 Å². The molecule has 1 unspecified atom stereocenters. The summed E-state index contributed by atoms with van der Waals surface area (Å²) in [7, 11) is 0. The molecule has 1 aromatic carbocycles. The summed E-state index contributed by atoms with van der Waals surface area (Å²) in [5.41, 5.74) is 0.139. The van der Waals surface area contributed by atoms with Crippen molar-refractivity contribution >= 4 is 35.1 Å². The van der Waals surface area contributed by atoms with Crippen LogP contribution in [0.3, 0.4) is 0 Å². The van der Waals surface area contributed by atoms with E-state index in [2.05, 4.69) is 5.32 Å². The van der Waals surface area contributed by atoms with E-state index in [-0.39, 0.29) is 0 Å². The highest BCUT2D eigenvalue weighted by Crippen LogP contribution is 2.34. The first kappa shape index (κ1) is 18.0. The fourth-order valence-electron chi connectivity index (χ4n) is 1.94. The van der Waals surface area contributed by atoms with Crippen LogP contribution in [-0.2, 0) is 4.79 Å². The van der Waals surface area contributed by atoms with Gasteiger partial charge in [-0.15, -0.1) is 0 Å². The third kappa shape index (κ3) is 4.36. The molecule has 0 aromatic heterocycles. The Kier molecular flexibility index (Phi) is 5.22. The highest BCUT2D eigenvalue weighted by atomic mass is 32.2. The molecule has 0 spiro atoms. The van der Waals surface area contributed by atoms with Gasteiger partial charge in [-0.1, -0.05) is 42.5 Å². The van der Waals surface area contributed by atoms with E-state index >= 15 is 0 Å². The SMILES string of the molecule is CC1(C)NCN(SC(NC(=O)C(F)(F)F)c2ccccc2)C1=S. The van der Waals surface area contributed by atoms with Gasteiger partial charge in [-0.25, -0.2) is 0 Å². The molecule has 1 amide bonds. The van der Waals surface area contributed by atoms with E-state index in [1.807, 2.05) is 19.2 Å². The van der Waals surface area contributed by atoms with Crippen LogP contribution in [-0.4, -0.2) is 33.6 Å². The topological polar surface area (TPSA) is 44.4 Å². The summed E-state index contributed by atoms with van der Waals surface area (Å²) >= 11 is 6.40. The van der Waals surface area contributed by atoms with Gasteiger partial charge in [0.15, 0.2) is 0 Å². The summed E-state index contributed by atoms with van der Waals surface area (Å²) in [5.74, 6) is -1.98. The zero-order valence-corrected chi connectivity index (χ0v) is 14.1. The molecule has 2 N–H and O–H groups in total. The predicted octanol–water partition coefficient (Wildman–Crippen LogP) is 2.98. The molecule has 1 aliphatic rings. The summed E-state index contributed by atoms with van der Waals surface area (Å²) < 4.78 is 39.4. The summed E-state index contributed by atoms with van der Waals surface area (Å²) in [6, 6.07) is 8.47. The Morgan fingerprint density at radius 3 is 2.48 bits per heavy atom. The third-order valence-electron chi connectivity index (χ3n) is 3.28. The molecular weight excluding hydrogens is 347 g/mol. The van der Waals surface area contributed by atoms with E-state index in [1.54, 1.807) is 34.6 Å². The number of nitrogens with one attached hydrogen (secondary N) is 2. The Balaban J connectivity index is 2.18. The normalized spacial score (nSPS) is 18.8. The van der Waals surface area contributed by atoms with Gasteiger partial charge in [0.05, 0.1) is 12.2 Å². The average Bonchev–Trinajstić information content (AvgIpc) is 2.73. The Morgan fingerprint density at radius 2 is 2.00 bits per heavy atom. The largest absolute Gasteiger partial charge is 0.471 e. The molecule has 0 bridgehead atoms. The summed E-state index contributed by atoms with van der Waals surface area (Å²) in [6.45, 7) is 4.17. The van der Waals surface area contributed by atoms with E-state index in [9.17, 15) is 18.0 Å². The second-order valence-corrected chi connectivity index (χ2v) is 7.02. The van der Waals surface area contributed by atoms with Crippen LogP contribution in [0.1, 0.15) is 24.8 Å². The van der Waals surface area contributed by atoms with Crippen molar-refractivity contribution in [3.8, 4) is 0 Å². The van der Waals surface area contributed by atoms with Gasteiger partial charge in [0.1, 0.15) is 10.4 Å². The first-order valence-corrected chi connectivity index (χ1v) is 8.02. The lowest BCUT2D eigenvalue weighted by atomic mass is 10.1. The number of rotatable bonds is 4. The maximum Gasteiger partial charge on any atom is 0.471 e. The van der Waals surface area contributed by atoms with Crippen LogP contribution in [0.5, 0.6) is 0 Å². The molecule has 9 heteroatoms. The minimum atomic E-state index is -4.93. The Hall–Kier alpha value is -1.32. The van der Waals surface area contributed by atoms with E-state index in [0.29, 0.717) is 17.2 Å². The number of thiocarbonyl (C=S) groups is 1. The van der Waals surface area contributed by atoms with Crippen LogP contribution in [0, 0.1) is 0 Å². The Labute approximate surface area is 141 Å². The van der Waals surface area contributed by atoms with Gasteiger partial charge in [-0.05, 0) is 31.4 Å². The number of halogens is 3. The van der Waals surface area contributed by atoms with Crippen LogP contribution in [0.4, 0.5) is 13.2 Å². The lowest BCUT2D eigenvalue weighted by molar-refractivity contribution is -0.173. The van der Waals surface area contributed by atoms with Crippen molar-refractivity contribution in [2.24, 2.45) is 0 Å². The molecule has 0 aliphatic carbocycles. The van der Waals surface area contributed by atoms with E-state index in [0.717, 1.165) is 11.9 Å². The minimum Gasteiger partial charge on any atom is -0.331 e. The van der Waals surface area contributed by atoms with Gasteiger partial charge >= 0.3 is 12.1 Å². The van der Waals surface area contributed by atoms with Gasteiger partial charge < -0.3 is 5.32 Å². The molecule has 126 valence electrons. The lowest BCUT2D eigenvalue weighted by Gasteiger charge is -2.26. The highest BCUT2D eigenvalue weighted by Gasteiger charge is 2.41. The number of hydrogen-bond donors (Lipinski definition) is 2. The van der Waals surface area contributed by atoms with E-state index in [4.69, 9.17) is 12.2 Å². The summed E-state index contributed by atoms with van der Waals surface area (Å²) in [6.07, 6.45) is -4.93. The molecule has 1 atom stereocenters. The van der Waals surface area contributed by atoms with Gasteiger partial charge in [-0.3, -0.25) is 14.4 Å². The Morgan fingerprint density at radius 1 is 1.39 bits per heavy atom. The van der Waals surface area contributed by atoms with Crippen molar-refractivity contribution in [3.63, 3.8) is 0 Å². The van der Waals surface area contributed by atoms with Crippen LogP contribution in [0.25, 0.3) is 0 Å². The van der Waals surface area contributed by atoms with Crippen molar-refractivity contribution in [2.75, 3.05) is 6.67 Å². The maximum absolute atomic E-state index is 12.6. The van der Waals surface area contributed by atoms with Crippen molar-refractivity contribution in [2.45, 2.75) is 30.9 Å². The number of carbonyl (C=O) groups is 1. The standard InChI is InChI=1S/C14H16F3N3OS2/c1-13(2)12(22)20(8-18-13)23-10(9-6-4-3-5-7-9)19-11(21)14(15,16)17/h3-7,10,18H,8H2,1-2H3,(H,19,21). The average molecular weight is 363 g/mol. The van der Waals surface area contributed by atoms with Crippen molar-refractivity contribution < 1.29 is 18.0 Å². The number of hydrogen-bond acceptors (Lipinski definition) is 4. The molecule has 0 saturated carbocycles. The second kappa shape index (κ2) is 6.66. The number of amides is 1. The summed E-state index contributed by atoms with van der Waals surface area (Å²) in [4.78, 5) is 11.9. The third-order valence-corrected chi connectivity index (χ3v) is 5.29. The minimum absolute atomic E-state index is 0.391. The van der Waals surface area contributed by atoms with Crippen LogP contribution < -0.4 is 10.6 Å². The number of nitrogens with zero attached hydrogens (tertiary/aromatic N) is 1. The van der Waals surface area contributed by atoms with Crippen LogP contribution in [0.2, 0.25) is 0 Å². The smallest absolute Gasteiger partial charge is 0.331 e. The molecule has 1 fully saturated rings. The van der Waals surface area contributed by atoms with Gasteiger partial charge in [0.2, 0.25) is 0 Å². The van der Waals surface area contributed by atoms with E-state index < -0.39 is 23.0 Å². The molecule has 1 saturated heterocycles. The molecular formula is C14H16F3N3OS2. The Bertz CT molecular complexity index is 593. The van der Waals surface area contributed by atoms with Crippen molar-refractivity contribution in [1.82, 2.24) is 14.9 Å². The van der Waals surface area contributed by atoms with Crippen LogP contribution in [0.15, 0.2) is 30.3 Å². The molecule has 1 heterocycles. The van der Waals surface area contributed by atoms with Gasteiger partial charge in [-0.2, -0.15) is 13.2 Å². The zero-order valence-electron chi connectivity index (χ0n) is 12.5. The predicted molar refractivity (Wildman–Crippen MR) is 87.5 cm³/mol. The molecule has 1 aliphatic heterocycles. The monoisotopic (exact) mass is 363 g/mol. The molecule has 23 heavy (non-hydrogen) atoms. The molecule has 1 aromatic rings. The quantitative estimate of drug-likeness (QED) is 0.489. The maximum atomic E-state index is 12.6. The number of benzene rings is 1. The lowest BCUT2D eigenvalue weighted by Crippen LogP contribution is -2.40. The molecule has 4 nitrogen and oxygen atoms in total. The van der Waals surface area contributed by atoms with Crippen molar-refractivity contribution in [3.05, 3.63) is 35.9 Å². The number of carbonyl (C=O) groups excluding carboxylic acids is 1. The first-order valence-electron chi connectivity index (χ1n) is 6.77. The van der Waals surface area contributed by atoms with Gasteiger partial charge in [0.25, 0.3) is 0 Å². The number of alkyl halides is 3. The second-order valence-electron chi connectivity index (χ2n) is 5.51. The molecule has 2 rings (SSSR count). The highest BCUT2D eigenvalue weighted by molar-refractivity contribution is 7.98. The zero-order chi connectivity index (χ0) is 17.3. The van der Waals surface area contributed by atoms with Crippen molar-refractivity contribution in [1.29, 1.82) is 0 Å². The fourth-order valence-corrected chi connectivity index (χ4v) is 3.36. The van der Waals surface area contributed by atoms with Crippen LogP contribution >= 0.6 is 24.2 Å². The fraction of sp³-hybridized carbons (Fsp3) is 0.429.